The van der Waals surface area contributed by atoms with E-state index >= 15 is 0 Å². The van der Waals surface area contributed by atoms with E-state index in [2.05, 4.69) is 25.5 Å². The number of hydrogen-bond donors (Lipinski definition) is 2. The van der Waals surface area contributed by atoms with Gasteiger partial charge >= 0.3 is 0 Å². The monoisotopic (exact) mass is 353 g/mol. The molecular weight excluding hydrogens is 326 g/mol. The fraction of sp³-hybridized carbons (Fsp3) is 0.450. The number of nitrogens with one attached hydrogen (secondary N) is 2. The SMILES string of the molecule is CNC(=O)c1ccc(CN(Cc2cncnc2)[C@H]2CCCNCC2)cc1. The van der Waals surface area contributed by atoms with Gasteiger partial charge in [-0.15, -0.1) is 0 Å². The van der Waals surface area contributed by atoms with E-state index in [0.717, 1.165) is 38.2 Å². The summed E-state index contributed by atoms with van der Waals surface area (Å²) >= 11 is 0. The van der Waals surface area contributed by atoms with Crippen LogP contribution in [0.3, 0.4) is 0 Å². The summed E-state index contributed by atoms with van der Waals surface area (Å²) in [5.74, 6) is -0.0512. The Kier molecular flexibility index (Phi) is 6.68. The summed E-state index contributed by atoms with van der Waals surface area (Å²) in [5.41, 5.74) is 3.04. The van der Waals surface area contributed by atoms with Crippen LogP contribution in [0.1, 0.15) is 40.7 Å². The summed E-state index contributed by atoms with van der Waals surface area (Å²) in [5, 5.41) is 6.15. The topological polar surface area (TPSA) is 70.2 Å². The smallest absolute Gasteiger partial charge is 0.251 e. The normalized spacial score (nSPS) is 17.7. The van der Waals surface area contributed by atoms with Crippen LogP contribution >= 0.6 is 0 Å². The number of amides is 1. The summed E-state index contributed by atoms with van der Waals surface area (Å²) in [7, 11) is 1.65. The van der Waals surface area contributed by atoms with E-state index in [0.29, 0.717) is 11.6 Å². The van der Waals surface area contributed by atoms with Crippen molar-refractivity contribution in [2.45, 2.75) is 38.4 Å². The van der Waals surface area contributed by atoms with Gasteiger partial charge < -0.3 is 10.6 Å². The lowest BCUT2D eigenvalue weighted by molar-refractivity contribution is 0.0963. The lowest BCUT2D eigenvalue weighted by Crippen LogP contribution is -2.35. The summed E-state index contributed by atoms with van der Waals surface area (Å²) in [4.78, 5) is 22.6. The molecule has 2 heterocycles. The Bertz CT molecular complexity index is 681. The lowest BCUT2D eigenvalue weighted by atomic mass is 10.0. The number of benzene rings is 1. The third-order valence-corrected chi connectivity index (χ3v) is 4.89. The number of rotatable bonds is 6. The first-order chi connectivity index (χ1) is 12.8. The molecule has 0 unspecified atom stereocenters. The van der Waals surface area contributed by atoms with Crippen LogP contribution in [0.5, 0.6) is 0 Å². The van der Waals surface area contributed by atoms with Gasteiger partial charge in [0.15, 0.2) is 0 Å². The average Bonchev–Trinajstić information content (AvgIpc) is 2.98. The van der Waals surface area contributed by atoms with Gasteiger partial charge in [0.2, 0.25) is 0 Å². The molecule has 2 aromatic rings. The Labute approximate surface area is 155 Å². The third kappa shape index (κ3) is 5.09. The van der Waals surface area contributed by atoms with E-state index in [-0.39, 0.29) is 5.91 Å². The molecule has 1 amide bonds. The fourth-order valence-corrected chi connectivity index (χ4v) is 3.47. The highest BCUT2D eigenvalue weighted by Gasteiger charge is 2.21. The van der Waals surface area contributed by atoms with E-state index < -0.39 is 0 Å². The van der Waals surface area contributed by atoms with E-state index in [1.54, 1.807) is 13.4 Å². The Morgan fingerprint density at radius 3 is 2.58 bits per heavy atom. The van der Waals surface area contributed by atoms with Crippen molar-refractivity contribution in [1.29, 1.82) is 0 Å². The molecule has 0 bridgehead atoms. The van der Waals surface area contributed by atoms with Crippen molar-refractivity contribution in [1.82, 2.24) is 25.5 Å². The van der Waals surface area contributed by atoms with Crippen molar-refractivity contribution < 1.29 is 4.79 Å². The molecule has 26 heavy (non-hydrogen) atoms. The van der Waals surface area contributed by atoms with Crippen LogP contribution < -0.4 is 10.6 Å². The van der Waals surface area contributed by atoms with E-state index in [1.807, 2.05) is 36.7 Å². The predicted molar refractivity (Wildman–Crippen MR) is 102 cm³/mol. The van der Waals surface area contributed by atoms with E-state index in [9.17, 15) is 4.79 Å². The number of carbonyl (C=O) groups excluding carboxylic acids is 1. The average molecular weight is 353 g/mol. The largest absolute Gasteiger partial charge is 0.355 e. The van der Waals surface area contributed by atoms with Crippen LogP contribution in [0.15, 0.2) is 43.0 Å². The summed E-state index contributed by atoms with van der Waals surface area (Å²) in [6.07, 6.45) is 8.89. The second-order valence-electron chi connectivity index (χ2n) is 6.76. The summed E-state index contributed by atoms with van der Waals surface area (Å²) < 4.78 is 0. The summed E-state index contributed by atoms with van der Waals surface area (Å²) in [6, 6.07) is 8.42. The molecule has 2 N–H and O–H groups in total. The van der Waals surface area contributed by atoms with Crippen molar-refractivity contribution in [3.8, 4) is 0 Å². The van der Waals surface area contributed by atoms with Crippen molar-refractivity contribution in [2.75, 3.05) is 20.1 Å². The molecule has 0 saturated carbocycles. The summed E-state index contributed by atoms with van der Waals surface area (Å²) in [6.45, 7) is 3.85. The number of carbonyl (C=O) groups is 1. The Balaban J connectivity index is 1.74. The molecule has 1 aliphatic heterocycles. The van der Waals surface area contributed by atoms with Gasteiger partial charge in [-0.05, 0) is 50.0 Å². The molecule has 0 spiro atoms. The quantitative estimate of drug-likeness (QED) is 0.831. The molecule has 1 aliphatic rings. The molecule has 138 valence electrons. The molecule has 6 nitrogen and oxygen atoms in total. The lowest BCUT2D eigenvalue weighted by Gasteiger charge is -2.31. The van der Waals surface area contributed by atoms with Crippen LogP contribution in [0.25, 0.3) is 0 Å². The molecular formula is C20H27N5O. The first kappa shape index (κ1) is 18.5. The molecule has 0 aliphatic carbocycles. The zero-order valence-corrected chi connectivity index (χ0v) is 15.3. The Morgan fingerprint density at radius 2 is 1.85 bits per heavy atom. The minimum atomic E-state index is -0.0512. The van der Waals surface area contributed by atoms with E-state index in [4.69, 9.17) is 0 Å². The molecule has 6 heteroatoms. The highest BCUT2D eigenvalue weighted by Crippen LogP contribution is 2.20. The number of aromatic nitrogens is 2. The van der Waals surface area contributed by atoms with Crippen LogP contribution in [-0.2, 0) is 13.1 Å². The maximum atomic E-state index is 11.7. The van der Waals surface area contributed by atoms with Crippen LogP contribution in [0, 0.1) is 0 Å². The van der Waals surface area contributed by atoms with Gasteiger partial charge in [0.25, 0.3) is 5.91 Å². The molecule has 1 fully saturated rings. The molecule has 1 aromatic carbocycles. The highest BCUT2D eigenvalue weighted by atomic mass is 16.1. The molecule has 3 rings (SSSR count). The number of hydrogen-bond acceptors (Lipinski definition) is 5. The first-order valence-electron chi connectivity index (χ1n) is 9.26. The molecule has 0 radical (unpaired) electrons. The second-order valence-corrected chi connectivity index (χ2v) is 6.76. The highest BCUT2D eigenvalue weighted by molar-refractivity contribution is 5.93. The molecule has 1 saturated heterocycles. The zero-order valence-electron chi connectivity index (χ0n) is 15.3. The maximum absolute atomic E-state index is 11.7. The van der Waals surface area contributed by atoms with E-state index in [1.165, 1.54) is 18.4 Å². The Hall–Kier alpha value is -2.31. The van der Waals surface area contributed by atoms with Crippen molar-refractivity contribution in [3.63, 3.8) is 0 Å². The molecule has 1 atom stereocenters. The fourth-order valence-electron chi connectivity index (χ4n) is 3.47. The standard InChI is InChI=1S/C20H27N5O/c1-21-20(26)18-6-4-16(5-7-18)13-25(14-17-11-23-15-24-12-17)19-3-2-9-22-10-8-19/h4-7,11-12,15,19,22H,2-3,8-10,13-14H2,1H3,(H,21,26)/t19-/m0/s1. The maximum Gasteiger partial charge on any atom is 0.251 e. The van der Waals surface area contributed by atoms with Gasteiger partial charge in [0.05, 0.1) is 0 Å². The van der Waals surface area contributed by atoms with Crippen LogP contribution in [0.2, 0.25) is 0 Å². The minimum absolute atomic E-state index is 0.0512. The van der Waals surface area contributed by atoms with Crippen molar-refractivity contribution in [3.05, 3.63) is 59.7 Å². The van der Waals surface area contributed by atoms with Gasteiger partial charge in [-0.3, -0.25) is 9.69 Å². The molecule has 1 aromatic heterocycles. The van der Waals surface area contributed by atoms with Gasteiger partial charge in [-0.2, -0.15) is 0 Å². The Morgan fingerprint density at radius 1 is 1.12 bits per heavy atom. The predicted octanol–water partition coefficient (Wildman–Crippen LogP) is 1.98. The minimum Gasteiger partial charge on any atom is -0.355 e. The van der Waals surface area contributed by atoms with Gasteiger partial charge in [-0.25, -0.2) is 9.97 Å². The van der Waals surface area contributed by atoms with Crippen molar-refractivity contribution in [2.24, 2.45) is 0 Å². The van der Waals surface area contributed by atoms with Crippen LogP contribution in [0.4, 0.5) is 0 Å². The van der Waals surface area contributed by atoms with Gasteiger partial charge in [-0.1, -0.05) is 12.1 Å². The second kappa shape index (κ2) is 9.40. The van der Waals surface area contributed by atoms with Gasteiger partial charge in [0.1, 0.15) is 6.33 Å². The van der Waals surface area contributed by atoms with Gasteiger partial charge in [0, 0.05) is 49.7 Å². The van der Waals surface area contributed by atoms with Crippen LogP contribution in [-0.4, -0.2) is 47.0 Å². The third-order valence-electron chi connectivity index (χ3n) is 4.89. The zero-order chi connectivity index (χ0) is 18.2. The number of nitrogens with zero attached hydrogens (tertiary/aromatic N) is 3. The first-order valence-corrected chi connectivity index (χ1v) is 9.26. The van der Waals surface area contributed by atoms with Crippen molar-refractivity contribution >= 4 is 5.91 Å².